The molecule has 4 nitrogen and oxygen atoms in total. The molecular weight excluding hydrogens is 383 g/mol. The average molecular weight is 405 g/mol. The van der Waals surface area contributed by atoms with Crippen molar-refractivity contribution in [3.05, 3.63) is 65.7 Å². The van der Waals surface area contributed by atoms with Crippen LogP contribution in [0.25, 0.3) is 0 Å². The van der Waals surface area contributed by atoms with Gasteiger partial charge in [-0.25, -0.2) is 0 Å². The molecule has 4 rings (SSSR count). The van der Waals surface area contributed by atoms with Crippen LogP contribution in [-0.4, -0.2) is 42.3 Å². The van der Waals surface area contributed by atoms with Crippen LogP contribution in [0.4, 0.5) is 13.2 Å². The smallest absolute Gasteiger partial charge is 0.406 e. The van der Waals surface area contributed by atoms with E-state index in [1.807, 2.05) is 18.2 Å². The summed E-state index contributed by atoms with van der Waals surface area (Å²) in [7, 11) is 0. The van der Waals surface area contributed by atoms with Crippen LogP contribution < -0.4 is 4.74 Å². The molecule has 0 N–H and O–H groups in total. The lowest BCUT2D eigenvalue weighted by Crippen LogP contribution is -2.57. The van der Waals surface area contributed by atoms with Crippen LogP contribution in [0.15, 0.2) is 54.6 Å². The van der Waals surface area contributed by atoms with Crippen LogP contribution in [-0.2, 0) is 11.3 Å². The Balaban J connectivity index is 1.43. The SMILES string of the molecule is O=C(c1ccc(OC(F)(F)F)cc1)C1CC2COCC(C1)N2Cc1ccccc1. The Morgan fingerprint density at radius 3 is 2.21 bits per heavy atom. The fraction of sp³-hybridized carbons (Fsp3) is 0.409. The van der Waals surface area contributed by atoms with Crippen molar-refractivity contribution in [1.82, 2.24) is 4.90 Å². The standard InChI is InChI=1S/C22H22F3NO3/c23-22(24,25)29-20-8-6-16(7-9-20)21(27)17-10-18-13-28-14-19(11-17)26(18)12-15-4-2-1-3-5-15/h1-9,17-19H,10-14H2. The summed E-state index contributed by atoms with van der Waals surface area (Å²) >= 11 is 0. The number of carbonyl (C=O) groups is 1. The van der Waals surface area contributed by atoms with E-state index in [0.717, 1.165) is 6.54 Å². The highest BCUT2D eigenvalue weighted by Crippen LogP contribution is 2.35. The van der Waals surface area contributed by atoms with Crippen molar-refractivity contribution in [2.45, 2.75) is 37.8 Å². The maximum Gasteiger partial charge on any atom is 0.573 e. The molecule has 2 aromatic carbocycles. The molecule has 2 aliphatic heterocycles. The van der Waals surface area contributed by atoms with Gasteiger partial charge in [-0.2, -0.15) is 0 Å². The fourth-order valence-electron chi connectivity index (χ4n) is 4.31. The molecular formula is C22H22F3NO3. The van der Waals surface area contributed by atoms with Gasteiger partial charge in [0.15, 0.2) is 5.78 Å². The Bertz CT molecular complexity index is 825. The van der Waals surface area contributed by atoms with Gasteiger partial charge in [-0.15, -0.1) is 13.2 Å². The third kappa shape index (κ3) is 4.79. The molecule has 2 bridgehead atoms. The second-order valence-electron chi connectivity index (χ2n) is 7.61. The van der Waals surface area contributed by atoms with E-state index >= 15 is 0 Å². The van der Waals surface area contributed by atoms with Crippen LogP contribution in [0.2, 0.25) is 0 Å². The number of hydrogen-bond donors (Lipinski definition) is 0. The second-order valence-corrected chi connectivity index (χ2v) is 7.61. The number of hydrogen-bond acceptors (Lipinski definition) is 4. The van der Waals surface area contributed by atoms with Crippen LogP contribution in [0.3, 0.4) is 0 Å². The van der Waals surface area contributed by atoms with Crippen molar-refractivity contribution in [3.63, 3.8) is 0 Å². The first-order chi connectivity index (χ1) is 13.9. The van der Waals surface area contributed by atoms with Gasteiger partial charge < -0.3 is 9.47 Å². The second kappa shape index (κ2) is 8.16. The molecule has 2 aromatic rings. The number of benzene rings is 2. The normalized spacial score (nSPS) is 24.9. The molecule has 2 unspecified atom stereocenters. The van der Waals surface area contributed by atoms with Crippen LogP contribution in [0, 0.1) is 5.92 Å². The zero-order valence-corrected chi connectivity index (χ0v) is 15.8. The van der Waals surface area contributed by atoms with Crippen molar-refractivity contribution in [2.24, 2.45) is 5.92 Å². The molecule has 0 aromatic heterocycles. The summed E-state index contributed by atoms with van der Waals surface area (Å²) in [4.78, 5) is 15.4. The first kappa shape index (κ1) is 19.9. The minimum atomic E-state index is -4.74. The van der Waals surface area contributed by atoms with E-state index in [1.54, 1.807) is 0 Å². The predicted molar refractivity (Wildman–Crippen MR) is 101 cm³/mol. The number of carbonyl (C=O) groups excluding carboxylic acids is 1. The molecule has 0 saturated carbocycles. The molecule has 2 aliphatic rings. The third-order valence-electron chi connectivity index (χ3n) is 5.62. The summed E-state index contributed by atoms with van der Waals surface area (Å²) in [6, 6.07) is 15.7. The summed E-state index contributed by atoms with van der Waals surface area (Å²) < 4.78 is 46.5. The number of ketones is 1. The first-order valence-electron chi connectivity index (χ1n) is 9.66. The number of morpholine rings is 1. The third-order valence-corrected chi connectivity index (χ3v) is 5.62. The van der Waals surface area contributed by atoms with Gasteiger partial charge in [0.2, 0.25) is 0 Å². The van der Waals surface area contributed by atoms with E-state index in [0.29, 0.717) is 31.6 Å². The van der Waals surface area contributed by atoms with Crippen LogP contribution >= 0.6 is 0 Å². The van der Waals surface area contributed by atoms with Gasteiger partial charge in [0.25, 0.3) is 0 Å². The number of Topliss-reactive ketones (excluding diaryl/α,β-unsaturated/α-hetero) is 1. The summed E-state index contributed by atoms with van der Waals surface area (Å²) in [5.74, 6) is -0.507. The number of fused-ring (bicyclic) bond motifs is 2. The Morgan fingerprint density at radius 1 is 1.00 bits per heavy atom. The molecule has 0 spiro atoms. The highest BCUT2D eigenvalue weighted by Gasteiger charge is 2.41. The summed E-state index contributed by atoms with van der Waals surface area (Å²) in [6.07, 6.45) is -3.37. The van der Waals surface area contributed by atoms with E-state index in [-0.39, 0.29) is 29.5 Å². The summed E-state index contributed by atoms with van der Waals surface area (Å²) in [5, 5.41) is 0. The average Bonchev–Trinajstić information content (AvgIpc) is 2.67. The van der Waals surface area contributed by atoms with E-state index in [9.17, 15) is 18.0 Å². The number of piperidine rings is 1. The van der Waals surface area contributed by atoms with Crippen LogP contribution in [0.5, 0.6) is 5.75 Å². The van der Waals surface area contributed by atoms with Gasteiger partial charge in [0.1, 0.15) is 5.75 Å². The van der Waals surface area contributed by atoms with Gasteiger partial charge >= 0.3 is 6.36 Å². The molecule has 2 atom stereocenters. The van der Waals surface area contributed by atoms with Crippen molar-refractivity contribution in [1.29, 1.82) is 0 Å². The van der Waals surface area contributed by atoms with E-state index in [1.165, 1.54) is 29.8 Å². The predicted octanol–water partition coefficient (Wildman–Crippen LogP) is 4.45. The van der Waals surface area contributed by atoms with Crippen molar-refractivity contribution in [3.8, 4) is 5.75 Å². The molecule has 0 radical (unpaired) electrons. The van der Waals surface area contributed by atoms with Gasteiger partial charge in [-0.3, -0.25) is 9.69 Å². The van der Waals surface area contributed by atoms with Gasteiger partial charge in [-0.05, 0) is 42.7 Å². The summed E-state index contributed by atoms with van der Waals surface area (Å²) in [6.45, 7) is 2.00. The minimum Gasteiger partial charge on any atom is -0.406 e. The molecule has 0 amide bonds. The van der Waals surface area contributed by atoms with Crippen molar-refractivity contribution >= 4 is 5.78 Å². The molecule has 154 valence electrons. The number of nitrogens with zero attached hydrogens (tertiary/aromatic N) is 1. The highest BCUT2D eigenvalue weighted by atomic mass is 19.4. The molecule has 0 aliphatic carbocycles. The molecule has 2 heterocycles. The Kier molecular flexibility index (Phi) is 5.61. The molecule has 29 heavy (non-hydrogen) atoms. The fourth-order valence-corrected chi connectivity index (χ4v) is 4.31. The Labute approximate surface area is 167 Å². The number of ether oxygens (including phenoxy) is 2. The minimum absolute atomic E-state index is 0.0279. The lowest BCUT2D eigenvalue weighted by atomic mass is 9.80. The van der Waals surface area contributed by atoms with Gasteiger partial charge in [-0.1, -0.05) is 30.3 Å². The zero-order valence-electron chi connectivity index (χ0n) is 15.8. The Morgan fingerprint density at radius 2 is 1.62 bits per heavy atom. The summed E-state index contributed by atoms with van der Waals surface area (Å²) in [5.41, 5.74) is 1.65. The largest absolute Gasteiger partial charge is 0.573 e. The van der Waals surface area contributed by atoms with E-state index < -0.39 is 6.36 Å². The topological polar surface area (TPSA) is 38.8 Å². The number of rotatable bonds is 5. The van der Waals surface area contributed by atoms with Crippen molar-refractivity contribution in [2.75, 3.05) is 13.2 Å². The Hall–Kier alpha value is -2.38. The molecule has 7 heteroatoms. The first-order valence-corrected chi connectivity index (χ1v) is 9.66. The molecule has 2 saturated heterocycles. The van der Waals surface area contributed by atoms with E-state index in [4.69, 9.17) is 4.74 Å². The van der Waals surface area contributed by atoms with Crippen molar-refractivity contribution < 1.29 is 27.4 Å². The number of alkyl halides is 3. The zero-order chi connectivity index (χ0) is 20.4. The maximum atomic E-state index is 13.0. The monoisotopic (exact) mass is 405 g/mol. The van der Waals surface area contributed by atoms with E-state index in [2.05, 4.69) is 21.8 Å². The van der Waals surface area contributed by atoms with Gasteiger partial charge in [0, 0.05) is 30.1 Å². The lowest BCUT2D eigenvalue weighted by Gasteiger charge is -2.48. The maximum absolute atomic E-state index is 13.0. The van der Waals surface area contributed by atoms with Crippen LogP contribution in [0.1, 0.15) is 28.8 Å². The number of halogens is 3. The lowest BCUT2D eigenvalue weighted by molar-refractivity contribution is -0.274. The quantitative estimate of drug-likeness (QED) is 0.689. The molecule has 2 fully saturated rings. The highest BCUT2D eigenvalue weighted by molar-refractivity contribution is 5.98. The van der Waals surface area contributed by atoms with Gasteiger partial charge in [0.05, 0.1) is 13.2 Å².